The van der Waals surface area contributed by atoms with Crippen molar-refractivity contribution in [2.75, 3.05) is 0 Å². The second kappa shape index (κ2) is 5.14. The van der Waals surface area contributed by atoms with E-state index in [4.69, 9.17) is 0 Å². The summed E-state index contributed by atoms with van der Waals surface area (Å²) >= 11 is 0. The SMILES string of the molecule is CC(=O)N[C@@H](C)[C@@H](O)CC(C)C. The number of rotatable bonds is 4. The van der Waals surface area contributed by atoms with Crippen molar-refractivity contribution in [3.63, 3.8) is 0 Å². The molecule has 0 aromatic carbocycles. The summed E-state index contributed by atoms with van der Waals surface area (Å²) < 4.78 is 0. The lowest BCUT2D eigenvalue weighted by atomic mass is 10.0. The van der Waals surface area contributed by atoms with E-state index in [0.29, 0.717) is 5.92 Å². The van der Waals surface area contributed by atoms with Gasteiger partial charge in [0.1, 0.15) is 0 Å². The molecule has 3 nitrogen and oxygen atoms in total. The highest BCUT2D eigenvalue weighted by Crippen LogP contribution is 2.07. The van der Waals surface area contributed by atoms with E-state index in [-0.39, 0.29) is 11.9 Å². The van der Waals surface area contributed by atoms with Crippen LogP contribution in [0.15, 0.2) is 0 Å². The molecule has 0 aliphatic rings. The van der Waals surface area contributed by atoms with Gasteiger partial charge in [-0.2, -0.15) is 0 Å². The molecule has 0 unspecified atom stereocenters. The standard InChI is InChI=1S/C9H19NO2/c1-6(2)5-9(12)7(3)10-8(4)11/h6-7,9,12H,5H2,1-4H3,(H,10,11)/t7-,9-/m0/s1. The molecule has 0 rings (SSSR count). The van der Waals surface area contributed by atoms with Crippen molar-refractivity contribution < 1.29 is 9.90 Å². The van der Waals surface area contributed by atoms with Gasteiger partial charge < -0.3 is 10.4 Å². The number of nitrogens with one attached hydrogen (secondary N) is 1. The van der Waals surface area contributed by atoms with Crippen LogP contribution in [0, 0.1) is 5.92 Å². The summed E-state index contributed by atoms with van der Waals surface area (Å²) in [4.78, 5) is 10.6. The fraction of sp³-hybridized carbons (Fsp3) is 0.889. The Morgan fingerprint density at radius 3 is 2.25 bits per heavy atom. The smallest absolute Gasteiger partial charge is 0.217 e. The topological polar surface area (TPSA) is 49.3 Å². The molecule has 0 heterocycles. The molecule has 2 atom stereocenters. The second-order valence-corrected chi connectivity index (χ2v) is 3.69. The molecule has 0 aliphatic carbocycles. The molecule has 0 fully saturated rings. The number of hydrogen-bond donors (Lipinski definition) is 2. The summed E-state index contributed by atoms with van der Waals surface area (Å²) in [6.45, 7) is 7.36. The zero-order valence-electron chi connectivity index (χ0n) is 8.29. The number of amides is 1. The van der Waals surface area contributed by atoms with Crippen molar-refractivity contribution in [3.8, 4) is 0 Å². The van der Waals surface area contributed by atoms with Crippen LogP contribution in [0.5, 0.6) is 0 Å². The third kappa shape index (κ3) is 5.13. The van der Waals surface area contributed by atoms with Crippen LogP contribution < -0.4 is 5.32 Å². The summed E-state index contributed by atoms with van der Waals surface area (Å²) in [5, 5.41) is 12.2. The fourth-order valence-electron chi connectivity index (χ4n) is 1.10. The first-order chi connectivity index (χ1) is 5.43. The molecule has 0 aromatic rings. The van der Waals surface area contributed by atoms with E-state index in [0.717, 1.165) is 6.42 Å². The van der Waals surface area contributed by atoms with Gasteiger partial charge in [-0.25, -0.2) is 0 Å². The summed E-state index contributed by atoms with van der Waals surface area (Å²) in [6, 6.07) is -0.148. The Morgan fingerprint density at radius 1 is 1.42 bits per heavy atom. The minimum absolute atomic E-state index is 0.0923. The molecule has 3 heteroatoms. The van der Waals surface area contributed by atoms with Crippen LogP contribution in [-0.4, -0.2) is 23.2 Å². The van der Waals surface area contributed by atoms with Gasteiger partial charge in [0.25, 0.3) is 0 Å². The van der Waals surface area contributed by atoms with E-state index in [9.17, 15) is 9.90 Å². The fourth-order valence-corrected chi connectivity index (χ4v) is 1.10. The van der Waals surface area contributed by atoms with Gasteiger partial charge in [-0.1, -0.05) is 13.8 Å². The molecule has 0 aromatic heterocycles. The van der Waals surface area contributed by atoms with E-state index in [1.165, 1.54) is 6.92 Å². The predicted octanol–water partition coefficient (Wildman–Crippen LogP) is 0.918. The zero-order chi connectivity index (χ0) is 9.72. The van der Waals surface area contributed by atoms with Gasteiger partial charge in [0.2, 0.25) is 5.91 Å². The molecule has 0 radical (unpaired) electrons. The van der Waals surface area contributed by atoms with Crippen molar-refractivity contribution in [1.29, 1.82) is 0 Å². The van der Waals surface area contributed by atoms with Crippen molar-refractivity contribution in [3.05, 3.63) is 0 Å². The lowest BCUT2D eigenvalue weighted by Crippen LogP contribution is -2.40. The van der Waals surface area contributed by atoms with Crippen molar-refractivity contribution in [2.45, 2.75) is 46.3 Å². The van der Waals surface area contributed by atoms with E-state index in [1.807, 2.05) is 20.8 Å². The van der Waals surface area contributed by atoms with Crippen molar-refractivity contribution in [1.82, 2.24) is 5.32 Å². The summed E-state index contributed by atoms with van der Waals surface area (Å²) in [7, 11) is 0. The van der Waals surface area contributed by atoms with Crippen LogP contribution in [-0.2, 0) is 4.79 Å². The molecule has 0 spiro atoms. The Kier molecular flexibility index (Phi) is 4.90. The lowest BCUT2D eigenvalue weighted by Gasteiger charge is -2.20. The summed E-state index contributed by atoms with van der Waals surface area (Å²) in [5.74, 6) is 0.363. The highest BCUT2D eigenvalue weighted by atomic mass is 16.3. The Bertz CT molecular complexity index is 145. The summed E-state index contributed by atoms with van der Waals surface area (Å²) in [6.07, 6.45) is 0.287. The van der Waals surface area contributed by atoms with Crippen LogP contribution in [0.4, 0.5) is 0 Å². The third-order valence-electron chi connectivity index (χ3n) is 1.72. The van der Waals surface area contributed by atoms with Gasteiger partial charge in [0, 0.05) is 6.92 Å². The molecular weight excluding hydrogens is 154 g/mol. The monoisotopic (exact) mass is 173 g/mol. The summed E-state index contributed by atoms with van der Waals surface area (Å²) in [5.41, 5.74) is 0. The first kappa shape index (κ1) is 11.4. The minimum atomic E-state index is -0.436. The number of hydrogen-bond acceptors (Lipinski definition) is 2. The molecule has 0 saturated carbocycles. The quantitative estimate of drug-likeness (QED) is 0.664. The number of aliphatic hydroxyl groups is 1. The Hall–Kier alpha value is -0.570. The number of aliphatic hydroxyl groups excluding tert-OH is 1. The number of carbonyl (C=O) groups is 1. The van der Waals surface area contributed by atoms with Gasteiger partial charge in [-0.05, 0) is 19.3 Å². The van der Waals surface area contributed by atoms with Crippen molar-refractivity contribution >= 4 is 5.91 Å². The van der Waals surface area contributed by atoms with Gasteiger partial charge in [0.05, 0.1) is 12.1 Å². The van der Waals surface area contributed by atoms with Crippen LogP contribution in [0.2, 0.25) is 0 Å². The molecule has 72 valence electrons. The van der Waals surface area contributed by atoms with Crippen LogP contribution in [0.1, 0.15) is 34.1 Å². The molecule has 2 N–H and O–H groups in total. The Balaban J connectivity index is 3.76. The molecule has 0 aliphatic heterocycles. The normalized spacial score (nSPS) is 15.8. The second-order valence-electron chi connectivity index (χ2n) is 3.69. The average Bonchev–Trinajstić information content (AvgIpc) is 1.84. The van der Waals surface area contributed by atoms with E-state index in [2.05, 4.69) is 5.32 Å². The molecule has 1 amide bonds. The van der Waals surface area contributed by atoms with E-state index in [1.54, 1.807) is 0 Å². The Morgan fingerprint density at radius 2 is 1.92 bits per heavy atom. The number of carbonyl (C=O) groups excluding carboxylic acids is 1. The zero-order valence-corrected chi connectivity index (χ0v) is 8.29. The van der Waals surface area contributed by atoms with E-state index < -0.39 is 6.10 Å². The predicted molar refractivity (Wildman–Crippen MR) is 48.7 cm³/mol. The lowest BCUT2D eigenvalue weighted by molar-refractivity contribution is -0.120. The van der Waals surface area contributed by atoms with Gasteiger partial charge in [-0.3, -0.25) is 4.79 Å². The van der Waals surface area contributed by atoms with Crippen LogP contribution in [0.25, 0.3) is 0 Å². The third-order valence-corrected chi connectivity index (χ3v) is 1.72. The molecule has 12 heavy (non-hydrogen) atoms. The first-order valence-corrected chi connectivity index (χ1v) is 4.38. The Labute approximate surface area is 74.2 Å². The van der Waals surface area contributed by atoms with Crippen molar-refractivity contribution in [2.24, 2.45) is 5.92 Å². The average molecular weight is 173 g/mol. The van der Waals surface area contributed by atoms with Gasteiger partial charge in [0.15, 0.2) is 0 Å². The largest absolute Gasteiger partial charge is 0.391 e. The maximum atomic E-state index is 10.6. The van der Waals surface area contributed by atoms with Gasteiger partial charge in [-0.15, -0.1) is 0 Å². The maximum Gasteiger partial charge on any atom is 0.217 e. The molecular formula is C9H19NO2. The molecule has 0 saturated heterocycles. The maximum absolute atomic E-state index is 10.6. The molecule has 0 bridgehead atoms. The highest BCUT2D eigenvalue weighted by molar-refractivity contribution is 5.73. The minimum Gasteiger partial charge on any atom is -0.391 e. The van der Waals surface area contributed by atoms with Crippen LogP contribution in [0.3, 0.4) is 0 Å². The van der Waals surface area contributed by atoms with Crippen LogP contribution >= 0.6 is 0 Å². The highest BCUT2D eigenvalue weighted by Gasteiger charge is 2.15. The first-order valence-electron chi connectivity index (χ1n) is 4.38. The van der Waals surface area contributed by atoms with E-state index >= 15 is 0 Å². The van der Waals surface area contributed by atoms with Gasteiger partial charge >= 0.3 is 0 Å².